The fourth-order valence-corrected chi connectivity index (χ4v) is 0.909. The number of carbonyl (C=O) groups is 2. The van der Waals surface area contributed by atoms with E-state index in [-0.39, 0.29) is 0 Å². The van der Waals surface area contributed by atoms with Gasteiger partial charge in [-0.2, -0.15) is 8.42 Å². The van der Waals surface area contributed by atoms with Crippen molar-refractivity contribution >= 4 is 22.0 Å². The fraction of sp³-hybridized carbons (Fsp3) is 0.600. The Bertz CT molecular complexity index is 297. The Balaban J connectivity index is 4.35. The summed E-state index contributed by atoms with van der Waals surface area (Å²) in [6.45, 7) is 1.07. The van der Waals surface area contributed by atoms with Crippen LogP contribution in [0.25, 0.3) is 0 Å². The SMILES string of the molecule is CC(=O)N(C)C(=O)CS(=O)(=O)F. The number of carbonyl (C=O) groups excluding carboxylic acids is 2. The first-order valence-electron chi connectivity index (χ1n) is 2.93. The third-order valence-corrected chi connectivity index (χ3v) is 1.73. The number of nitrogens with zero attached hydrogens (tertiary/aromatic N) is 1. The van der Waals surface area contributed by atoms with Gasteiger partial charge in [-0.15, -0.1) is 3.89 Å². The van der Waals surface area contributed by atoms with Crippen molar-refractivity contribution in [2.24, 2.45) is 0 Å². The van der Waals surface area contributed by atoms with Gasteiger partial charge in [-0.05, 0) is 0 Å². The summed E-state index contributed by atoms with van der Waals surface area (Å²) in [5, 5.41) is 0. The molecule has 0 radical (unpaired) electrons. The molecule has 0 aliphatic rings. The van der Waals surface area contributed by atoms with Crippen LogP contribution in [0.2, 0.25) is 0 Å². The number of imide groups is 1. The second-order valence-electron chi connectivity index (χ2n) is 2.15. The summed E-state index contributed by atoms with van der Waals surface area (Å²) in [4.78, 5) is 21.7. The minimum Gasteiger partial charge on any atom is -0.285 e. The molecule has 0 heterocycles. The van der Waals surface area contributed by atoms with E-state index in [1.54, 1.807) is 0 Å². The zero-order chi connectivity index (χ0) is 9.94. The van der Waals surface area contributed by atoms with Gasteiger partial charge >= 0.3 is 10.2 Å². The van der Waals surface area contributed by atoms with Gasteiger partial charge in [0.15, 0.2) is 5.75 Å². The van der Waals surface area contributed by atoms with Crippen molar-refractivity contribution < 1.29 is 21.9 Å². The summed E-state index contributed by atoms with van der Waals surface area (Å²) < 4.78 is 31.8. The summed E-state index contributed by atoms with van der Waals surface area (Å²) in [7, 11) is -3.77. The number of hydrogen-bond donors (Lipinski definition) is 0. The van der Waals surface area contributed by atoms with Crippen LogP contribution in [0.15, 0.2) is 0 Å². The molecule has 0 aromatic rings. The Morgan fingerprint density at radius 1 is 1.42 bits per heavy atom. The van der Waals surface area contributed by atoms with E-state index in [4.69, 9.17) is 0 Å². The summed E-state index contributed by atoms with van der Waals surface area (Å²) in [6.07, 6.45) is 0. The lowest BCUT2D eigenvalue weighted by Gasteiger charge is -2.10. The van der Waals surface area contributed by atoms with Gasteiger partial charge in [-0.25, -0.2) is 0 Å². The maximum absolute atomic E-state index is 11.9. The standard InChI is InChI=1S/C5H8FNO4S/c1-4(8)7(2)5(9)3-12(6,10)11/h3H2,1-2H3. The molecule has 0 aliphatic carbocycles. The lowest BCUT2D eigenvalue weighted by atomic mass is 10.5. The molecule has 0 aromatic carbocycles. The van der Waals surface area contributed by atoms with Crippen molar-refractivity contribution in [2.75, 3.05) is 12.8 Å². The average molecular weight is 197 g/mol. The molecular weight excluding hydrogens is 189 g/mol. The molecule has 5 nitrogen and oxygen atoms in total. The Labute approximate surface area is 69.4 Å². The first-order valence-corrected chi connectivity index (χ1v) is 4.49. The van der Waals surface area contributed by atoms with Crippen LogP contribution in [-0.2, 0) is 19.8 Å². The first-order chi connectivity index (χ1) is 5.24. The van der Waals surface area contributed by atoms with Crippen LogP contribution in [0.5, 0.6) is 0 Å². The van der Waals surface area contributed by atoms with Crippen molar-refractivity contribution in [2.45, 2.75) is 6.92 Å². The van der Waals surface area contributed by atoms with E-state index >= 15 is 0 Å². The van der Waals surface area contributed by atoms with Crippen LogP contribution >= 0.6 is 0 Å². The highest BCUT2D eigenvalue weighted by Gasteiger charge is 2.20. The van der Waals surface area contributed by atoms with Gasteiger partial charge in [0.1, 0.15) is 0 Å². The second kappa shape index (κ2) is 3.61. The summed E-state index contributed by atoms with van der Waals surface area (Å²) in [5.74, 6) is -3.00. The van der Waals surface area contributed by atoms with Crippen LogP contribution in [0.3, 0.4) is 0 Å². The third kappa shape index (κ3) is 4.02. The Morgan fingerprint density at radius 3 is 2.08 bits per heavy atom. The van der Waals surface area contributed by atoms with E-state index in [9.17, 15) is 21.9 Å². The van der Waals surface area contributed by atoms with Crippen molar-refractivity contribution in [1.29, 1.82) is 0 Å². The lowest BCUT2D eigenvalue weighted by Crippen LogP contribution is -2.34. The molecule has 0 saturated heterocycles. The zero-order valence-electron chi connectivity index (χ0n) is 6.57. The first kappa shape index (κ1) is 11.0. The molecular formula is C5H8FNO4S. The van der Waals surface area contributed by atoms with Crippen molar-refractivity contribution in [1.82, 2.24) is 4.90 Å². The van der Waals surface area contributed by atoms with Crippen molar-refractivity contribution in [3.63, 3.8) is 0 Å². The van der Waals surface area contributed by atoms with E-state index in [2.05, 4.69) is 0 Å². The number of rotatable bonds is 2. The molecule has 7 heteroatoms. The van der Waals surface area contributed by atoms with Crippen LogP contribution in [0.4, 0.5) is 3.89 Å². The minimum atomic E-state index is -4.85. The highest BCUT2D eigenvalue weighted by atomic mass is 32.3. The van der Waals surface area contributed by atoms with E-state index < -0.39 is 27.8 Å². The van der Waals surface area contributed by atoms with Crippen LogP contribution in [-0.4, -0.2) is 37.9 Å². The van der Waals surface area contributed by atoms with Gasteiger partial charge in [0.05, 0.1) is 0 Å². The molecule has 70 valence electrons. The lowest BCUT2D eigenvalue weighted by molar-refractivity contribution is -0.140. The molecule has 12 heavy (non-hydrogen) atoms. The summed E-state index contributed by atoms with van der Waals surface area (Å²) >= 11 is 0. The van der Waals surface area contributed by atoms with Crippen molar-refractivity contribution in [3.05, 3.63) is 0 Å². The monoisotopic (exact) mass is 197 g/mol. The maximum atomic E-state index is 11.9. The van der Waals surface area contributed by atoms with Gasteiger partial charge in [-0.3, -0.25) is 14.5 Å². The predicted molar refractivity (Wildman–Crippen MR) is 38.3 cm³/mol. The highest BCUT2D eigenvalue weighted by Crippen LogP contribution is 1.94. The topological polar surface area (TPSA) is 71.5 Å². The number of amides is 2. The largest absolute Gasteiger partial charge is 0.311 e. The zero-order valence-corrected chi connectivity index (χ0v) is 7.39. The van der Waals surface area contributed by atoms with Gasteiger partial charge in [0.25, 0.3) is 0 Å². The molecule has 0 aromatic heterocycles. The minimum absolute atomic E-state index is 0.539. The molecule has 0 aliphatic heterocycles. The number of hydrogen-bond acceptors (Lipinski definition) is 4. The molecule has 0 N–H and O–H groups in total. The van der Waals surface area contributed by atoms with Crippen LogP contribution in [0.1, 0.15) is 6.92 Å². The average Bonchev–Trinajstić information content (AvgIpc) is 1.82. The highest BCUT2D eigenvalue weighted by molar-refractivity contribution is 7.87. The van der Waals surface area contributed by atoms with Crippen molar-refractivity contribution in [3.8, 4) is 0 Å². The maximum Gasteiger partial charge on any atom is 0.311 e. The third-order valence-electron chi connectivity index (χ3n) is 1.14. The molecule has 0 unspecified atom stereocenters. The van der Waals surface area contributed by atoms with Gasteiger partial charge in [0.2, 0.25) is 11.8 Å². The predicted octanol–water partition coefficient (Wildman–Crippen LogP) is -0.709. The van der Waals surface area contributed by atoms with E-state index in [0.717, 1.165) is 14.0 Å². The van der Waals surface area contributed by atoms with E-state index in [1.165, 1.54) is 0 Å². The fourth-order valence-electron chi connectivity index (χ4n) is 0.420. The van der Waals surface area contributed by atoms with Gasteiger partial charge in [-0.1, -0.05) is 0 Å². The Kier molecular flexibility index (Phi) is 3.32. The molecule has 2 amide bonds. The molecule has 0 fully saturated rings. The van der Waals surface area contributed by atoms with Crippen LogP contribution in [0, 0.1) is 0 Å². The summed E-state index contributed by atoms with van der Waals surface area (Å²) in [5.41, 5.74) is 0. The van der Waals surface area contributed by atoms with Gasteiger partial charge in [0, 0.05) is 14.0 Å². The summed E-state index contributed by atoms with van der Waals surface area (Å²) in [6, 6.07) is 0. The van der Waals surface area contributed by atoms with E-state index in [1.807, 2.05) is 0 Å². The smallest absolute Gasteiger partial charge is 0.285 e. The Morgan fingerprint density at radius 2 is 1.83 bits per heavy atom. The molecule has 0 saturated carbocycles. The Hall–Kier alpha value is -0.980. The molecule has 0 atom stereocenters. The van der Waals surface area contributed by atoms with Crippen LogP contribution < -0.4 is 0 Å². The molecule has 0 rings (SSSR count). The molecule has 0 spiro atoms. The van der Waals surface area contributed by atoms with Gasteiger partial charge < -0.3 is 0 Å². The quantitative estimate of drug-likeness (QED) is 0.548. The second-order valence-corrected chi connectivity index (χ2v) is 3.52. The van der Waals surface area contributed by atoms with E-state index in [0.29, 0.717) is 4.90 Å². The normalized spacial score (nSPS) is 10.9. The molecule has 0 bridgehead atoms. The number of halogens is 1.